The van der Waals surface area contributed by atoms with Crippen molar-refractivity contribution in [2.24, 2.45) is 0 Å². The van der Waals surface area contributed by atoms with E-state index >= 15 is 0 Å². The number of carbonyl (C=O) groups is 1. The molecule has 0 unspecified atom stereocenters. The SMILES string of the molecule is CCNc1cccc(C(=O)NC2(C)CC2)n1. The van der Waals surface area contributed by atoms with Crippen molar-refractivity contribution in [3.63, 3.8) is 0 Å². The molecule has 2 N–H and O–H groups in total. The molecule has 1 aromatic heterocycles. The molecule has 0 atom stereocenters. The van der Waals surface area contributed by atoms with E-state index in [2.05, 4.69) is 22.5 Å². The van der Waals surface area contributed by atoms with Gasteiger partial charge in [-0.1, -0.05) is 6.07 Å². The van der Waals surface area contributed by atoms with E-state index in [9.17, 15) is 4.79 Å². The van der Waals surface area contributed by atoms with Crippen LogP contribution in [0.2, 0.25) is 0 Å². The van der Waals surface area contributed by atoms with Gasteiger partial charge in [-0.2, -0.15) is 0 Å². The lowest BCUT2D eigenvalue weighted by molar-refractivity contribution is 0.0930. The largest absolute Gasteiger partial charge is 0.370 e. The second-order valence-electron chi connectivity index (χ2n) is 4.45. The Balaban J connectivity index is 2.07. The molecule has 86 valence electrons. The van der Waals surface area contributed by atoms with E-state index in [0.717, 1.165) is 25.2 Å². The van der Waals surface area contributed by atoms with E-state index in [1.165, 1.54) is 0 Å². The van der Waals surface area contributed by atoms with Gasteiger partial charge < -0.3 is 10.6 Å². The summed E-state index contributed by atoms with van der Waals surface area (Å²) >= 11 is 0. The summed E-state index contributed by atoms with van der Waals surface area (Å²) in [6, 6.07) is 5.44. The monoisotopic (exact) mass is 219 g/mol. The summed E-state index contributed by atoms with van der Waals surface area (Å²) in [5.41, 5.74) is 0.485. The number of hydrogen-bond donors (Lipinski definition) is 2. The van der Waals surface area contributed by atoms with Crippen LogP contribution in [0.3, 0.4) is 0 Å². The van der Waals surface area contributed by atoms with Crippen molar-refractivity contribution in [2.75, 3.05) is 11.9 Å². The first-order valence-corrected chi connectivity index (χ1v) is 5.66. The Morgan fingerprint density at radius 3 is 2.88 bits per heavy atom. The number of amides is 1. The molecule has 1 aliphatic carbocycles. The second-order valence-corrected chi connectivity index (χ2v) is 4.45. The minimum Gasteiger partial charge on any atom is -0.370 e. The minimum atomic E-state index is -0.0836. The Morgan fingerprint density at radius 1 is 1.50 bits per heavy atom. The molecule has 1 fully saturated rings. The van der Waals surface area contributed by atoms with Crippen molar-refractivity contribution in [2.45, 2.75) is 32.2 Å². The van der Waals surface area contributed by atoms with Gasteiger partial charge in [-0.3, -0.25) is 4.79 Å². The lowest BCUT2D eigenvalue weighted by Crippen LogP contribution is -2.34. The zero-order valence-electron chi connectivity index (χ0n) is 9.71. The molecule has 16 heavy (non-hydrogen) atoms. The van der Waals surface area contributed by atoms with E-state index in [0.29, 0.717) is 5.69 Å². The normalized spacial score (nSPS) is 16.6. The number of nitrogens with one attached hydrogen (secondary N) is 2. The Labute approximate surface area is 95.5 Å². The number of nitrogens with zero attached hydrogens (tertiary/aromatic N) is 1. The highest BCUT2D eigenvalue weighted by Gasteiger charge is 2.39. The smallest absolute Gasteiger partial charge is 0.270 e. The molecule has 2 rings (SSSR count). The van der Waals surface area contributed by atoms with Crippen molar-refractivity contribution in [1.82, 2.24) is 10.3 Å². The zero-order valence-corrected chi connectivity index (χ0v) is 9.71. The topological polar surface area (TPSA) is 54.0 Å². The van der Waals surface area contributed by atoms with Gasteiger partial charge in [0.05, 0.1) is 0 Å². The molecular weight excluding hydrogens is 202 g/mol. The standard InChI is InChI=1S/C12H17N3O/c1-3-13-10-6-4-5-9(14-10)11(16)15-12(2)7-8-12/h4-6H,3,7-8H2,1-2H3,(H,13,14)(H,15,16). The number of pyridine rings is 1. The molecule has 1 heterocycles. The van der Waals surface area contributed by atoms with Crippen LogP contribution in [0.1, 0.15) is 37.2 Å². The van der Waals surface area contributed by atoms with Crippen LogP contribution < -0.4 is 10.6 Å². The highest BCUT2D eigenvalue weighted by molar-refractivity contribution is 5.93. The van der Waals surface area contributed by atoms with Crippen LogP contribution in [0.25, 0.3) is 0 Å². The first-order valence-electron chi connectivity index (χ1n) is 5.66. The maximum Gasteiger partial charge on any atom is 0.270 e. The van der Waals surface area contributed by atoms with E-state index in [1.807, 2.05) is 19.1 Å². The van der Waals surface area contributed by atoms with Gasteiger partial charge in [0, 0.05) is 12.1 Å². The van der Waals surface area contributed by atoms with Crippen LogP contribution in [0, 0.1) is 0 Å². The molecule has 0 aromatic carbocycles. The van der Waals surface area contributed by atoms with Gasteiger partial charge in [0.25, 0.3) is 5.91 Å². The van der Waals surface area contributed by atoms with Gasteiger partial charge in [0.15, 0.2) is 0 Å². The van der Waals surface area contributed by atoms with E-state index in [1.54, 1.807) is 6.07 Å². The van der Waals surface area contributed by atoms with Crippen LogP contribution in [0.5, 0.6) is 0 Å². The number of carbonyl (C=O) groups excluding carboxylic acids is 1. The Morgan fingerprint density at radius 2 is 2.25 bits per heavy atom. The third-order valence-electron chi connectivity index (χ3n) is 2.75. The molecule has 0 saturated heterocycles. The molecule has 0 aliphatic heterocycles. The molecule has 4 heteroatoms. The zero-order chi connectivity index (χ0) is 11.6. The minimum absolute atomic E-state index is 0.00690. The van der Waals surface area contributed by atoms with Gasteiger partial charge in [0.2, 0.25) is 0 Å². The fraction of sp³-hybridized carbons (Fsp3) is 0.500. The second kappa shape index (κ2) is 4.12. The summed E-state index contributed by atoms with van der Waals surface area (Å²) in [6.07, 6.45) is 2.12. The Hall–Kier alpha value is -1.58. The molecule has 1 amide bonds. The van der Waals surface area contributed by atoms with Crippen LogP contribution in [0.15, 0.2) is 18.2 Å². The van der Waals surface area contributed by atoms with Gasteiger partial charge in [-0.15, -0.1) is 0 Å². The van der Waals surface area contributed by atoms with Crippen LogP contribution in [-0.4, -0.2) is 23.0 Å². The first-order chi connectivity index (χ1) is 7.63. The number of hydrogen-bond acceptors (Lipinski definition) is 3. The summed E-state index contributed by atoms with van der Waals surface area (Å²) in [7, 11) is 0. The van der Waals surface area contributed by atoms with Gasteiger partial charge in [-0.25, -0.2) is 4.98 Å². The number of anilines is 1. The summed E-state index contributed by atoms with van der Waals surface area (Å²) < 4.78 is 0. The molecule has 0 bridgehead atoms. The van der Waals surface area contributed by atoms with Crippen molar-refractivity contribution in [1.29, 1.82) is 0 Å². The molecule has 0 spiro atoms. The van der Waals surface area contributed by atoms with E-state index in [4.69, 9.17) is 0 Å². The highest BCUT2D eigenvalue weighted by Crippen LogP contribution is 2.34. The Kier molecular flexibility index (Phi) is 2.81. The van der Waals surface area contributed by atoms with E-state index in [-0.39, 0.29) is 11.4 Å². The van der Waals surface area contributed by atoms with Gasteiger partial charge >= 0.3 is 0 Å². The number of aromatic nitrogens is 1. The molecule has 0 radical (unpaired) electrons. The summed E-state index contributed by atoms with van der Waals surface area (Å²) in [5.74, 6) is 0.663. The lowest BCUT2D eigenvalue weighted by Gasteiger charge is -2.11. The van der Waals surface area contributed by atoms with Crippen molar-refractivity contribution < 1.29 is 4.79 Å². The molecule has 1 saturated carbocycles. The molecule has 4 nitrogen and oxygen atoms in total. The van der Waals surface area contributed by atoms with Crippen molar-refractivity contribution in [3.8, 4) is 0 Å². The van der Waals surface area contributed by atoms with Crippen molar-refractivity contribution >= 4 is 11.7 Å². The lowest BCUT2D eigenvalue weighted by atomic mass is 10.2. The average molecular weight is 219 g/mol. The Bertz CT molecular complexity index is 399. The summed E-state index contributed by atoms with van der Waals surface area (Å²) in [4.78, 5) is 16.1. The van der Waals surface area contributed by atoms with Gasteiger partial charge in [0.1, 0.15) is 11.5 Å². The fourth-order valence-corrected chi connectivity index (χ4v) is 1.49. The van der Waals surface area contributed by atoms with Crippen molar-refractivity contribution in [3.05, 3.63) is 23.9 Å². The fourth-order valence-electron chi connectivity index (χ4n) is 1.49. The molecule has 1 aromatic rings. The maximum atomic E-state index is 11.9. The predicted molar refractivity (Wildman–Crippen MR) is 63.5 cm³/mol. The van der Waals surface area contributed by atoms with Crippen LogP contribution >= 0.6 is 0 Å². The summed E-state index contributed by atoms with van der Waals surface area (Å²) in [5, 5.41) is 6.08. The molecule has 1 aliphatic rings. The quantitative estimate of drug-likeness (QED) is 0.811. The average Bonchev–Trinajstić information content (AvgIpc) is 2.97. The third kappa shape index (κ3) is 2.51. The predicted octanol–water partition coefficient (Wildman–Crippen LogP) is 1.80. The third-order valence-corrected chi connectivity index (χ3v) is 2.75. The maximum absolute atomic E-state index is 11.9. The first kappa shape index (κ1) is 10.9. The van der Waals surface area contributed by atoms with Crippen LogP contribution in [-0.2, 0) is 0 Å². The number of rotatable bonds is 4. The van der Waals surface area contributed by atoms with E-state index < -0.39 is 0 Å². The highest BCUT2D eigenvalue weighted by atomic mass is 16.2. The van der Waals surface area contributed by atoms with Crippen LogP contribution in [0.4, 0.5) is 5.82 Å². The van der Waals surface area contributed by atoms with Gasteiger partial charge in [-0.05, 0) is 38.8 Å². The summed E-state index contributed by atoms with van der Waals surface area (Å²) in [6.45, 7) is 4.86. The molecular formula is C12H17N3O.